The number of carbonyl (C=O) groups excluding carboxylic acids is 1. The Morgan fingerprint density at radius 2 is 2.07 bits per heavy atom. The highest BCUT2D eigenvalue weighted by atomic mass is 19.4. The van der Waals surface area contributed by atoms with Gasteiger partial charge in [0.25, 0.3) is 5.91 Å². The van der Waals surface area contributed by atoms with Crippen molar-refractivity contribution in [3.63, 3.8) is 0 Å². The van der Waals surface area contributed by atoms with Crippen molar-refractivity contribution in [2.24, 2.45) is 5.16 Å². The van der Waals surface area contributed by atoms with Crippen LogP contribution in [-0.2, 0) is 11.0 Å². The van der Waals surface area contributed by atoms with Crippen LogP contribution in [0.5, 0.6) is 0 Å². The Labute approximate surface area is 171 Å². The highest BCUT2D eigenvalue weighted by Crippen LogP contribution is 2.37. The van der Waals surface area contributed by atoms with Gasteiger partial charge in [-0.25, -0.2) is 9.97 Å². The summed E-state index contributed by atoms with van der Waals surface area (Å²) in [7, 11) is 1.34. The number of amides is 1. The van der Waals surface area contributed by atoms with Crippen LogP contribution in [0.25, 0.3) is 11.1 Å². The predicted molar refractivity (Wildman–Crippen MR) is 103 cm³/mol. The molecule has 0 spiro atoms. The van der Waals surface area contributed by atoms with E-state index in [0.717, 1.165) is 11.8 Å². The number of aromatic nitrogens is 2. The smallest absolute Gasteiger partial charge is 0.399 e. The Bertz CT molecular complexity index is 992. The maximum Gasteiger partial charge on any atom is 0.434 e. The molecule has 1 N–H and O–H groups in total. The molecule has 0 saturated carbocycles. The lowest BCUT2D eigenvalue weighted by Crippen LogP contribution is -2.39. The minimum Gasteiger partial charge on any atom is -0.399 e. The number of likely N-dealkylation sites (tertiary alicyclic amines) is 1. The molecule has 1 atom stereocenters. The maximum atomic E-state index is 13.8. The number of nitrogens with zero attached hydrogens (tertiary/aromatic N) is 4. The van der Waals surface area contributed by atoms with Crippen LogP contribution in [0.3, 0.4) is 0 Å². The second-order valence-electron chi connectivity index (χ2n) is 7.01. The molecule has 160 valence electrons. The summed E-state index contributed by atoms with van der Waals surface area (Å²) in [5, 5.41) is 13.3. The van der Waals surface area contributed by atoms with E-state index in [1.165, 1.54) is 12.0 Å². The van der Waals surface area contributed by atoms with Crippen LogP contribution in [0.15, 0.2) is 29.6 Å². The van der Waals surface area contributed by atoms with Crippen LogP contribution in [-0.4, -0.2) is 57.9 Å². The Balaban J connectivity index is 2.05. The number of halogens is 3. The third-order valence-electron chi connectivity index (χ3n) is 5.10. The number of benzene rings is 1. The number of alkyl halides is 3. The lowest BCUT2D eigenvalue weighted by molar-refractivity contribution is -0.140. The number of aliphatic hydroxyl groups is 1. The van der Waals surface area contributed by atoms with Crippen LogP contribution in [0, 0.1) is 13.8 Å². The number of aliphatic hydroxyl groups excluding tert-OH is 1. The largest absolute Gasteiger partial charge is 0.434 e. The van der Waals surface area contributed by atoms with Gasteiger partial charge in [0.1, 0.15) is 7.11 Å². The molecule has 1 fully saturated rings. The van der Waals surface area contributed by atoms with E-state index in [1.807, 2.05) is 0 Å². The van der Waals surface area contributed by atoms with Crippen molar-refractivity contribution in [2.75, 3.05) is 20.3 Å². The first-order chi connectivity index (χ1) is 14.2. The standard InChI is InChI=1S/C20H21F3N4O3/c1-11-5-4-6-15(12(11)2)16-8-24-18(25-17(16)20(21,22)23)19(29)27-9-13(26-30-3)7-14(27)10-28/h4-6,8,14,28H,7,9-10H2,1-3H3/b26-13+. The summed E-state index contributed by atoms with van der Waals surface area (Å²) in [5.41, 5.74) is 0.972. The molecule has 2 aromatic rings. The first kappa shape index (κ1) is 21.7. The van der Waals surface area contributed by atoms with E-state index < -0.39 is 29.6 Å². The molecule has 1 saturated heterocycles. The van der Waals surface area contributed by atoms with Gasteiger partial charge in [0, 0.05) is 18.2 Å². The van der Waals surface area contributed by atoms with Gasteiger partial charge in [-0.15, -0.1) is 0 Å². The zero-order chi connectivity index (χ0) is 22.1. The molecule has 30 heavy (non-hydrogen) atoms. The van der Waals surface area contributed by atoms with Gasteiger partial charge in [-0.2, -0.15) is 13.2 Å². The zero-order valence-corrected chi connectivity index (χ0v) is 16.7. The van der Waals surface area contributed by atoms with E-state index in [4.69, 9.17) is 4.84 Å². The van der Waals surface area contributed by atoms with Crippen LogP contribution in [0.1, 0.15) is 33.9 Å². The average Bonchev–Trinajstić information content (AvgIpc) is 3.12. The molecule has 1 aliphatic heterocycles. The van der Waals surface area contributed by atoms with Crippen LogP contribution in [0.4, 0.5) is 13.2 Å². The van der Waals surface area contributed by atoms with E-state index in [9.17, 15) is 23.1 Å². The molecule has 0 aliphatic carbocycles. The van der Waals surface area contributed by atoms with E-state index >= 15 is 0 Å². The SMILES string of the molecule is CO/N=C1\CC(CO)N(C(=O)c2ncc(-c3cccc(C)c3C)c(C(F)(F)F)n2)C1. The van der Waals surface area contributed by atoms with Gasteiger partial charge in [0.05, 0.1) is 24.9 Å². The van der Waals surface area contributed by atoms with E-state index in [0.29, 0.717) is 16.8 Å². The second-order valence-corrected chi connectivity index (χ2v) is 7.01. The summed E-state index contributed by atoms with van der Waals surface area (Å²) >= 11 is 0. The molecular weight excluding hydrogens is 401 g/mol. The Kier molecular flexibility index (Phi) is 6.06. The fraction of sp³-hybridized carbons (Fsp3) is 0.400. The van der Waals surface area contributed by atoms with Crippen molar-refractivity contribution in [1.82, 2.24) is 14.9 Å². The number of rotatable bonds is 4. The van der Waals surface area contributed by atoms with Crippen molar-refractivity contribution >= 4 is 11.6 Å². The normalized spacial score (nSPS) is 18.2. The fourth-order valence-corrected chi connectivity index (χ4v) is 3.44. The van der Waals surface area contributed by atoms with Crippen molar-refractivity contribution in [2.45, 2.75) is 32.5 Å². The summed E-state index contributed by atoms with van der Waals surface area (Å²) in [6.45, 7) is 3.16. The molecule has 0 radical (unpaired) electrons. The third-order valence-corrected chi connectivity index (χ3v) is 5.10. The Morgan fingerprint density at radius 3 is 2.70 bits per heavy atom. The zero-order valence-electron chi connectivity index (χ0n) is 16.7. The van der Waals surface area contributed by atoms with Crippen molar-refractivity contribution in [3.05, 3.63) is 47.0 Å². The average molecular weight is 422 g/mol. The van der Waals surface area contributed by atoms with Gasteiger partial charge in [-0.05, 0) is 30.5 Å². The summed E-state index contributed by atoms with van der Waals surface area (Å²) < 4.78 is 41.4. The summed E-state index contributed by atoms with van der Waals surface area (Å²) in [4.78, 5) is 26.3. The van der Waals surface area contributed by atoms with Gasteiger partial charge < -0.3 is 14.8 Å². The number of carbonyl (C=O) groups is 1. The highest BCUT2D eigenvalue weighted by molar-refractivity contribution is 5.98. The summed E-state index contributed by atoms with van der Waals surface area (Å²) in [5.74, 6) is -1.40. The van der Waals surface area contributed by atoms with Crippen molar-refractivity contribution in [1.29, 1.82) is 0 Å². The maximum absolute atomic E-state index is 13.8. The van der Waals surface area contributed by atoms with Crippen molar-refractivity contribution in [3.8, 4) is 11.1 Å². The molecule has 1 amide bonds. The molecular formula is C20H21F3N4O3. The lowest BCUT2D eigenvalue weighted by atomic mass is 9.97. The lowest BCUT2D eigenvalue weighted by Gasteiger charge is -2.22. The van der Waals surface area contributed by atoms with Gasteiger partial charge in [-0.3, -0.25) is 4.79 Å². The molecule has 3 rings (SSSR count). The van der Waals surface area contributed by atoms with Crippen molar-refractivity contribution < 1.29 is 27.9 Å². The van der Waals surface area contributed by atoms with Crippen LogP contribution >= 0.6 is 0 Å². The molecule has 10 heteroatoms. The van der Waals surface area contributed by atoms with Crippen LogP contribution in [0.2, 0.25) is 0 Å². The van der Waals surface area contributed by atoms with Gasteiger partial charge >= 0.3 is 6.18 Å². The monoisotopic (exact) mass is 422 g/mol. The highest BCUT2D eigenvalue weighted by Gasteiger charge is 2.39. The van der Waals surface area contributed by atoms with E-state index in [1.54, 1.807) is 32.0 Å². The number of hydrogen-bond donors (Lipinski definition) is 1. The Hall–Kier alpha value is -3.01. The molecule has 2 heterocycles. The molecule has 1 unspecified atom stereocenters. The minimum atomic E-state index is -4.78. The quantitative estimate of drug-likeness (QED) is 0.766. The molecule has 1 aromatic carbocycles. The summed E-state index contributed by atoms with van der Waals surface area (Å²) in [6, 6.07) is 4.38. The topological polar surface area (TPSA) is 87.9 Å². The number of oxime groups is 1. The molecule has 1 aliphatic rings. The second kappa shape index (κ2) is 8.39. The Morgan fingerprint density at radius 1 is 1.33 bits per heavy atom. The molecule has 0 bridgehead atoms. The molecule has 7 nitrogen and oxygen atoms in total. The van der Waals surface area contributed by atoms with E-state index in [-0.39, 0.29) is 25.1 Å². The van der Waals surface area contributed by atoms with Crippen LogP contribution < -0.4 is 0 Å². The first-order valence-electron chi connectivity index (χ1n) is 9.19. The molecule has 1 aromatic heterocycles. The minimum absolute atomic E-state index is 0.0152. The van der Waals surface area contributed by atoms with E-state index in [2.05, 4.69) is 15.1 Å². The van der Waals surface area contributed by atoms with Gasteiger partial charge in [-0.1, -0.05) is 23.4 Å². The number of hydrogen-bond acceptors (Lipinski definition) is 6. The third kappa shape index (κ3) is 4.13. The first-order valence-corrected chi connectivity index (χ1v) is 9.19. The summed E-state index contributed by atoms with van der Waals surface area (Å²) in [6.07, 6.45) is -3.50. The predicted octanol–water partition coefficient (Wildman–Crippen LogP) is 2.99. The fourth-order valence-electron chi connectivity index (χ4n) is 3.44. The number of aryl methyl sites for hydroxylation is 1. The van der Waals surface area contributed by atoms with Gasteiger partial charge in [0.2, 0.25) is 5.82 Å². The van der Waals surface area contributed by atoms with Gasteiger partial charge in [0.15, 0.2) is 5.69 Å².